The number of nitrogens with one attached hydrogen (secondary N) is 1. The van der Waals surface area contributed by atoms with E-state index in [4.69, 9.17) is 5.14 Å². The van der Waals surface area contributed by atoms with E-state index in [0.717, 1.165) is 5.56 Å². The lowest BCUT2D eigenvalue weighted by Gasteiger charge is -2.05. The second kappa shape index (κ2) is 5.79. The van der Waals surface area contributed by atoms with Gasteiger partial charge in [0.25, 0.3) is 5.91 Å². The van der Waals surface area contributed by atoms with E-state index in [2.05, 4.69) is 5.32 Å². The lowest BCUT2D eigenvalue weighted by molar-refractivity contribution is 0.0953. The van der Waals surface area contributed by atoms with Crippen LogP contribution in [0, 0.1) is 6.92 Å². The summed E-state index contributed by atoms with van der Waals surface area (Å²) in [7, 11) is -3.44. The number of sulfonamides is 1. The summed E-state index contributed by atoms with van der Waals surface area (Å²) in [6.07, 6.45) is 0.316. The molecule has 0 atom stereocenters. The molecule has 0 spiro atoms. The van der Waals surface area contributed by atoms with E-state index in [1.54, 1.807) is 18.2 Å². The zero-order chi connectivity index (χ0) is 12.9. The molecule has 1 amide bonds. The third-order valence-electron chi connectivity index (χ3n) is 2.17. The molecular weight excluding hydrogens is 240 g/mol. The van der Waals surface area contributed by atoms with Gasteiger partial charge in [-0.25, -0.2) is 13.6 Å². The van der Waals surface area contributed by atoms with E-state index in [1.807, 2.05) is 13.0 Å². The third-order valence-corrected chi connectivity index (χ3v) is 3.03. The van der Waals surface area contributed by atoms with Crippen molar-refractivity contribution in [2.45, 2.75) is 13.3 Å². The Morgan fingerprint density at radius 2 is 2.12 bits per heavy atom. The van der Waals surface area contributed by atoms with Crippen LogP contribution in [-0.4, -0.2) is 26.6 Å². The number of primary sulfonamides is 1. The van der Waals surface area contributed by atoms with E-state index in [9.17, 15) is 13.2 Å². The molecule has 0 bridgehead atoms. The Morgan fingerprint density at radius 3 is 2.71 bits per heavy atom. The highest BCUT2D eigenvalue weighted by molar-refractivity contribution is 7.89. The number of hydrogen-bond donors (Lipinski definition) is 2. The zero-order valence-corrected chi connectivity index (χ0v) is 10.5. The number of carbonyl (C=O) groups is 1. The van der Waals surface area contributed by atoms with Gasteiger partial charge in [-0.15, -0.1) is 0 Å². The lowest BCUT2D eigenvalue weighted by Crippen LogP contribution is -2.27. The van der Waals surface area contributed by atoms with Crippen molar-refractivity contribution in [1.82, 2.24) is 5.32 Å². The fourth-order valence-corrected chi connectivity index (χ4v) is 1.91. The summed E-state index contributed by atoms with van der Waals surface area (Å²) in [5, 5.41) is 7.48. The maximum Gasteiger partial charge on any atom is 0.251 e. The summed E-state index contributed by atoms with van der Waals surface area (Å²) in [5.41, 5.74) is 1.57. The van der Waals surface area contributed by atoms with Gasteiger partial charge in [0, 0.05) is 12.1 Å². The van der Waals surface area contributed by atoms with Crippen molar-refractivity contribution in [3.05, 3.63) is 35.4 Å². The van der Waals surface area contributed by atoms with Crippen LogP contribution in [-0.2, 0) is 10.0 Å². The maximum atomic E-state index is 11.6. The minimum Gasteiger partial charge on any atom is -0.352 e. The molecule has 0 radical (unpaired) electrons. The zero-order valence-electron chi connectivity index (χ0n) is 9.64. The van der Waals surface area contributed by atoms with Crippen LogP contribution in [0.3, 0.4) is 0 Å². The minimum atomic E-state index is -3.44. The van der Waals surface area contributed by atoms with Crippen LogP contribution in [0.15, 0.2) is 24.3 Å². The van der Waals surface area contributed by atoms with Gasteiger partial charge in [0.2, 0.25) is 10.0 Å². The van der Waals surface area contributed by atoms with Crippen LogP contribution in [0.5, 0.6) is 0 Å². The quantitative estimate of drug-likeness (QED) is 0.747. The Hall–Kier alpha value is -1.40. The van der Waals surface area contributed by atoms with E-state index < -0.39 is 10.0 Å². The fourth-order valence-electron chi connectivity index (χ4n) is 1.36. The molecule has 0 unspecified atom stereocenters. The number of nitrogens with two attached hydrogens (primary N) is 1. The van der Waals surface area contributed by atoms with Crippen LogP contribution in [0.4, 0.5) is 0 Å². The molecule has 3 N–H and O–H groups in total. The molecule has 1 aromatic rings. The molecule has 5 nitrogen and oxygen atoms in total. The maximum absolute atomic E-state index is 11.6. The summed E-state index contributed by atoms with van der Waals surface area (Å²) in [5.74, 6) is -0.329. The third kappa shape index (κ3) is 5.46. The van der Waals surface area contributed by atoms with Crippen molar-refractivity contribution in [2.24, 2.45) is 5.14 Å². The van der Waals surface area contributed by atoms with Gasteiger partial charge < -0.3 is 5.32 Å². The molecule has 94 valence electrons. The highest BCUT2D eigenvalue weighted by atomic mass is 32.2. The molecule has 1 rings (SSSR count). The summed E-state index contributed by atoms with van der Waals surface area (Å²) < 4.78 is 21.3. The molecule has 6 heteroatoms. The van der Waals surface area contributed by atoms with Crippen LogP contribution >= 0.6 is 0 Å². The summed E-state index contributed by atoms with van der Waals surface area (Å²) in [6, 6.07) is 7.18. The van der Waals surface area contributed by atoms with Crippen molar-refractivity contribution in [1.29, 1.82) is 0 Å². The average molecular weight is 256 g/mol. The van der Waals surface area contributed by atoms with Crippen molar-refractivity contribution < 1.29 is 13.2 Å². The standard InChI is InChI=1S/C11H16N2O3S/c1-9-4-2-5-10(8-9)11(14)13-6-3-7-17(12,15)16/h2,4-5,8H,3,6-7H2,1H3,(H,13,14)(H2,12,15,16). The molecular formula is C11H16N2O3S. The highest BCUT2D eigenvalue weighted by Gasteiger charge is 2.06. The Morgan fingerprint density at radius 1 is 1.41 bits per heavy atom. The smallest absolute Gasteiger partial charge is 0.251 e. The van der Waals surface area contributed by atoms with E-state index in [-0.39, 0.29) is 11.7 Å². The van der Waals surface area contributed by atoms with Crippen LogP contribution in [0.2, 0.25) is 0 Å². The Kier molecular flexibility index (Phi) is 4.65. The number of aryl methyl sites for hydroxylation is 1. The average Bonchev–Trinajstić information content (AvgIpc) is 2.23. The first-order valence-electron chi connectivity index (χ1n) is 5.24. The van der Waals surface area contributed by atoms with Crippen molar-refractivity contribution in [2.75, 3.05) is 12.3 Å². The number of benzene rings is 1. The van der Waals surface area contributed by atoms with E-state index in [1.165, 1.54) is 0 Å². The molecule has 0 saturated carbocycles. The molecule has 0 aliphatic carbocycles. The van der Waals surface area contributed by atoms with E-state index >= 15 is 0 Å². The topological polar surface area (TPSA) is 89.3 Å². The first-order chi connectivity index (χ1) is 7.88. The van der Waals surface area contributed by atoms with Crippen LogP contribution in [0.25, 0.3) is 0 Å². The van der Waals surface area contributed by atoms with Gasteiger partial charge >= 0.3 is 0 Å². The van der Waals surface area contributed by atoms with Gasteiger partial charge in [0.15, 0.2) is 0 Å². The molecule has 0 heterocycles. The van der Waals surface area contributed by atoms with Crippen molar-refractivity contribution >= 4 is 15.9 Å². The second-order valence-electron chi connectivity index (χ2n) is 3.85. The van der Waals surface area contributed by atoms with Gasteiger partial charge in [-0.1, -0.05) is 17.7 Å². The number of rotatable bonds is 5. The highest BCUT2D eigenvalue weighted by Crippen LogP contribution is 2.03. The first kappa shape index (κ1) is 13.7. The van der Waals surface area contributed by atoms with E-state index in [0.29, 0.717) is 18.5 Å². The monoisotopic (exact) mass is 256 g/mol. The van der Waals surface area contributed by atoms with Gasteiger partial charge in [-0.3, -0.25) is 4.79 Å². The Balaban J connectivity index is 2.41. The fraction of sp³-hybridized carbons (Fsp3) is 0.364. The van der Waals surface area contributed by atoms with Crippen molar-refractivity contribution in [3.8, 4) is 0 Å². The van der Waals surface area contributed by atoms with Gasteiger partial charge in [0.05, 0.1) is 5.75 Å². The van der Waals surface area contributed by atoms with Gasteiger partial charge in [-0.05, 0) is 25.5 Å². The molecule has 0 aliphatic heterocycles. The molecule has 0 aromatic heterocycles. The molecule has 0 fully saturated rings. The van der Waals surface area contributed by atoms with Gasteiger partial charge in [-0.2, -0.15) is 0 Å². The Bertz CT molecular complexity index is 497. The molecule has 0 aliphatic rings. The predicted octanol–water partition coefficient (Wildman–Crippen LogP) is 0.403. The minimum absolute atomic E-state index is 0.124. The number of amides is 1. The van der Waals surface area contributed by atoms with Crippen LogP contribution < -0.4 is 10.5 Å². The predicted molar refractivity (Wildman–Crippen MR) is 66.1 cm³/mol. The van der Waals surface area contributed by atoms with Crippen molar-refractivity contribution in [3.63, 3.8) is 0 Å². The van der Waals surface area contributed by atoms with Gasteiger partial charge in [0.1, 0.15) is 0 Å². The first-order valence-corrected chi connectivity index (χ1v) is 6.95. The summed E-state index contributed by atoms with van der Waals surface area (Å²) in [4.78, 5) is 11.6. The lowest BCUT2D eigenvalue weighted by atomic mass is 10.1. The summed E-state index contributed by atoms with van der Waals surface area (Å²) in [6.45, 7) is 2.20. The molecule has 1 aromatic carbocycles. The number of carbonyl (C=O) groups excluding carboxylic acids is 1. The molecule has 0 saturated heterocycles. The number of hydrogen-bond acceptors (Lipinski definition) is 3. The SMILES string of the molecule is Cc1cccc(C(=O)NCCCS(N)(=O)=O)c1. The van der Waals surface area contributed by atoms with Crippen LogP contribution in [0.1, 0.15) is 22.3 Å². The molecule has 17 heavy (non-hydrogen) atoms. The normalized spacial score (nSPS) is 11.2. The Labute approximate surface area is 101 Å². The largest absolute Gasteiger partial charge is 0.352 e. The summed E-state index contributed by atoms with van der Waals surface area (Å²) >= 11 is 0. The second-order valence-corrected chi connectivity index (χ2v) is 5.58.